The molecule has 0 spiro atoms. The average Bonchev–Trinajstić information content (AvgIpc) is 2.47. The Morgan fingerprint density at radius 2 is 1.83 bits per heavy atom. The van der Waals surface area contributed by atoms with Crippen LogP contribution in [0.3, 0.4) is 0 Å². The van der Waals surface area contributed by atoms with Gasteiger partial charge in [0.1, 0.15) is 5.60 Å². The van der Waals surface area contributed by atoms with Crippen molar-refractivity contribution in [3.63, 3.8) is 0 Å². The Labute approximate surface area is 142 Å². The number of amides is 1. The summed E-state index contributed by atoms with van der Waals surface area (Å²) >= 11 is 6.05. The molecule has 0 bridgehead atoms. The van der Waals surface area contributed by atoms with E-state index < -0.39 is 11.7 Å². The molecule has 1 fully saturated rings. The standard InChI is InChI=1S/C18H24ClNO3/c1-18(2,3)23-17(22)20-15-10-9-13(19)11-14(15)16(21)12-7-5-4-6-8-12/h9-12H,4-8H2,1-3H3,(H,20,22). The molecule has 0 heterocycles. The number of nitrogens with one attached hydrogen (secondary N) is 1. The number of hydrogen-bond acceptors (Lipinski definition) is 3. The van der Waals surface area contributed by atoms with Crippen molar-refractivity contribution in [2.75, 3.05) is 5.32 Å². The van der Waals surface area contributed by atoms with Crippen LogP contribution in [-0.2, 0) is 4.74 Å². The lowest BCUT2D eigenvalue weighted by atomic mass is 9.83. The summed E-state index contributed by atoms with van der Waals surface area (Å²) in [4.78, 5) is 24.8. The summed E-state index contributed by atoms with van der Waals surface area (Å²) in [5.74, 6) is 0.0691. The maximum Gasteiger partial charge on any atom is 0.412 e. The van der Waals surface area contributed by atoms with Crippen molar-refractivity contribution in [1.29, 1.82) is 0 Å². The van der Waals surface area contributed by atoms with Gasteiger partial charge in [0, 0.05) is 16.5 Å². The monoisotopic (exact) mass is 337 g/mol. The zero-order valence-electron chi connectivity index (χ0n) is 13.9. The van der Waals surface area contributed by atoms with Gasteiger partial charge in [-0.15, -0.1) is 0 Å². The SMILES string of the molecule is CC(C)(C)OC(=O)Nc1ccc(Cl)cc1C(=O)C1CCCCC1. The molecule has 4 nitrogen and oxygen atoms in total. The number of carbonyl (C=O) groups excluding carboxylic acids is 2. The molecule has 0 saturated heterocycles. The van der Waals surface area contributed by atoms with Crippen molar-refractivity contribution in [2.24, 2.45) is 5.92 Å². The molecular weight excluding hydrogens is 314 g/mol. The molecular formula is C18H24ClNO3. The van der Waals surface area contributed by atoms with E-state index in [2.05, 4.69) is 5.32 Å². The molecule has 2 rings (SSSR count). The van der Waals surface area contributed by atoms with E-state index in [9.17, 15) is 9.59 Å². The van der Waals surface area contributed by atoms with Crippen LogP contribution in [0.2, 0.25) is 5.02 Å². The molecule has 1 amide bonds. The minimum absolute atomic E-state index is 0.0152. The number of benzene rings is 1. The molecule has 1 N–H and O–H groups in total. The molecule has 0 unspecified atom stereocenters. The first-order valence-electron chi connectivity index (χ1n) is 8.10. The second-order valence-electron chi connectivity index (χ2n) is 7.02. The van der Waals surface area contributed by atoms with Crippen LogP contribution in [0.25, 0.3) is 0 Å². The van der Waals surface area contributed by atoms with E-state index in [1.807, 2.05) is 0 Å². The maximum atomic E-state index is 12.8. The summed E-state index contributed by atoms with van der Waals surface area (Å²) in [6.45, 7) is 5.38. The van der Waals surface area contributed by atoms with Crippen molar-refractivity contribution in [2.45, 2.75) is 58.5 Å². The van der Waals surface area contributed by atoms with Gasteiger partial charge in [0.2, 0.25) is 0 Å². The summed E-state index contributed by atoms with van der Waals surface area (Å²) in [6.07, 6.45) is 4.56. The molecule has 1 aromatic carbocycles. The van der Waals surface area contributed by atoms with E-state index in [1.165, 1.54) is 6.42 Å². The van der Waals surface area contributed by atoms with Gasteiger partial charge in [-0.05, 0) is 51.8 Å². The van der Waals surface area contributed by atoms with E-state index >= 15 is 0 Å². The third-order valence-electron chi connectivity index (χ3n) is 3.86. The maximum absolute atomic E-state index is 12.8. The van der Waals surface area contributed by atoms with E-state index in [0.717, 1.165) is 25.7 Å². The number of rotatable bonds is 3. The Balaban J connectivity index is 2.19. The van der Waals surface area contributed by atoms with Crippen molar-refractivity contribution in [1.82, 2.24) is 0 Å². The number of ether oxygens (including phenoxy) is 1. The summed E-state index contributed by atoms with van der Waals surface area (Å²) < 4.78 is 5.26. The van der Waals surface area contributed by atoms with Crippen molar-refractivity contribution < 1.29 is 14.3 Å². The van der Waals surface area contributed by atoms with Gasteiger partial charge in [0.25, 0.3) is 0 Å². The molecule has 0 radical (unpaired) electrons. The summed E-state index contributed by atoms with van der Waals surface area (Å²) in [6, 6.07) is 4.94. The minimum atomic E-state index is -0.593. The third kappa shape index (κ3) is 5.24. The topological polar surface area (TPSA) is 55.4 Å². The Hall–Kier alpha value is -1.55. The molecule has 126 valence electrons. The van der Waals surface area contributed by atoms with Crippen LogP contribution in [0.4, 0.5) is 10.5 Å². The van der Waals surface area contributed by atoms with Gasteiger partial charge in [-0.3, -0.25) is 10.1 Å². The van der Waals surface area contributed by atoms with E-state index in [-0.39, 0.29) is 11.7 Å². The van der Waals surface area contributed by atoms with Gasteiger partial charge in [0.15, 0.2) is 5.78 Å². The average molecular weight is 338 g/mol. The van der Waals surface area contributed by atoms with Crippen LogP contribution in [-0.4, -0.2) is 17.5 Å². The highest BCUT2D eigenvalue weighted by Gasteiger charge is 2.26. The third-order valence-corrected chi connectivity index (χ3v) is 4.09. The number of Topliss-reactive ketones (excluding diaryl/α,β-unsaturated/α-hetero) is 1. The summed E-state index contributed by atoms with van der Waals surface area (Å²) in [7, 11) is 0. The van der Waals surface area contributed by atoms with Crippen LogP contribution in [0, 0.1) is 5.92 Å². The Bertz CT molecular complexity index is 586. The normalized spacial score (nSPS) is 16.0. The predicted molar refractivity (Wildman–Crippen MR) is 92.2 cm³/mol. The number of hydrogen-bond donors (Lipinski definition) is 1. The molecule has 0 aromatic heterocycles. The molecule has 1 saturated carbocycles. The molecule has 5 heteroatoms. The van der Waals surface area contributed by atoms with Crippen molar-refractivity contribution >= 4 is 29.2 Å². The van der Waals surface area contributed by atoms with Gasteiger partial charge < -0.3 is 4.74 Å². The van der Waals surface area contributed by atoms with E-state index in [4.69, 9.17) is 16.3 Å². The van der Waals surface area contributed by atoms with Gasteiger partial charge in [-0.25, -0.2) is 4.79 Å². The fraction of sp³-hybridized carbons (Fsp3) is 0.556. The highest BCUT2D eigenvalue weighted by molar-refractivity contribution is 6.31. The van der Waals surface area contributed by atoms with Gasteiger partial charge in [-0.2, -0.15) is 0 Å². The lowest BCUT2D eigenvalue weighted by molar-refractivity contribution is 0.0636. The van der Waals surface area contributed by atoms with Crippen LogP contribution >= 0.6 is 11.6 Å². The van der Waals surface area contributed by atoms with Crippen molar-refractivity contribution in [3.8, 4) is 0 Å². The second kappa shape index (κ2) is 7.35. The smallest absolute Gasteiger partial charge is 0.412 e. The minimum Gasteiger partial charge on any atom is -0.444 e. The largest absolute Gasteiger partial charge is 0.444 e. The zero-order chi connectivity index (χ0) is 17.0. The van der Waals surface area contributed by atoms with Gasteiger partial charge >= 0.3 is 6.09 Å². The molecule has 1 aliphatic carbocycles. The Morgan fingerprint density at radius 1 is 1.17 bits per heavy atom. The summed E-state index contributed by atoms with van der Waals surface area (Å²) in [5, 5.41) is 3.16. The number of carbonyl (C=O) groups is 2. The zero-order valence-corrected chi connectivity index (χ0v) is 14.7. The van der Waals surface area contributed by atoms with Gasteiger partial charge in [-0.1, -0.05) is 30.9 Å². The van der Waals surface area contributed by atoms with Gasteiger partial charge in [0.05, 0.1) is 5.69 Å². The van der Waals surface area contributed by atoms with E-state index in [1.54, 1.807) is 39.0 Å². The number of halogens is 1. The summed E-state index contributed by atoms with van der Waals surface area (Å²) in [5.41, 5.74) is 0.332. The van der Waals surface area contributed by atoms with Crippen LogP contribution in [0.15, 0.2) is 18.2 Å². The quantitative estimate of drug-likeness (QED) is 0.746. The molecule has 0 atom stereocenters. The highest BCUT2D eigenvalue weighted by Crippen LogP contribution is 2.31. The first-order valence-corrected chi connectivity index (χ1v) is 8.48. The fourth-order valence-corrected chi connectivity index (χ4v) is 3.00. The Kier molecular flexibility index (Phi) is 5.69. The molecule has 23 heavy (non-hydrogen) atoms. The van der Waals surface area contributed by atoms with Crippen LogP contribution in [0.1, 0.15) is 63.2 Å². The molecule has 1 aliphatic rings. The predicted octanol–water partition coefficient (Wildman–Crippen LogP) is 5.45. The first-order chi connectivity index (χ1) is 10.8. The lowest BCUT2D eigenvalue weighted by Crippen LogP contribution is -2.28. The highest BCUT2D eigenvalue weighted by atomic mass is 35.5. The first kappa shape index (κ1) is 17.8. The fourth-order valence-electron chi connectivity index (χ4n) is 2.83. The lowest BCUT2D eigenvalue weighted by Gasteiger charge is -2.23. The van der Waals surface area contributed by atoms with Crippen molar-refractivity contribution in [3.05, 3.63) is 28.8 Å². The number of ketones is 1. The van der Waals surface area contributed by atoms with Crippen LogP contribution < -0.4 is 5.32 Å². The second-order valence-corrected chi connectivity index (χ2v) is 7.45. The Morgan fingerprint density at radius 3 is 2.43 bits per heavy atom. The van der Waals surface area contributed by atoms with E-state index in [0.29, 0.717) is 16.3 Å². The van der Waals surface area contributed by atoms with Crippen LogP contribution in [0.5, 0.6) is 0 Å². The molecule has 0 aliphatic heterocycles. The number of anilines is 1. The molecule has 1 aromatic rings.